The van der Waals surface area contributed by atoms with Crippen molar-refractivity contribution in [2.45, 2.75) is 23.4 Å². The Morgan fingerprint density at radius 3 is 1.69 bits per heavy atom. The second-order valence-corrected chi connectivity index (χ2v) is 5.93. The Hall–Kier alpha value is -0.730. The summed E-state index contributed by atoms with van der Waals surface area (Å²) in [6, 6.07) is 2.38. The molecule has 0 radical (unpaired) electrons. The molecule has 0 fully saturated rings. The van der Waals surface area contributed by atoms with Crippen LogP contribution in [0.2, 0.25) is 0 Å². The first-order valence-corrected chi connectivity index (χ1v) is 7.30. The molecule has 26 heavy (non-hydrogen) atoms. The maximum absolute atomic E-state index is 13.7. The summed E-state index contributed by atoms with van der Waals surface area (Å²) < 4.78 is 138. The van der Waals surface area contributed by atoms with E-state index < -0.39 is 39.1 Å². The van der Waals surface area contributed by atoms with Crippen LogP contribution >= 0.6 is 0 Å². The standard InChI is InChI=1S/C12H8F8O4S.Na/c1-2-7-3-5-8(6-4-7)9(13,14)10(15,16)24-11(17,18)12(19,20)25(21,22)23;/h2-6H,1H2,(H,21,22,23);/q;+1/p-1. The van der Waals surface area contributed by atoms with Crippen molar-refractivity contribution in [1.82, 2.24) is 0 Å². The molecule has 1 rings (SSSR count). The van der Waals surface area contributed by atoms with E-state index in [0.29, 0.717) is 12.1 Å². The van der Waals surface area contributed by atoms with Crippen molar-refractivity contribution in [3.8, 4) is 0 Å². The van der Waals surface area contributed by atoms with Crippen LogP contribution in [0.4, 0.5) is 35.1 Å². The normalized spacial score (nSPS) is 13.9. The van der Waals surface area contributed by atoms with Gasteiger partial charge in [0.05, 0.1) is 0 Å². The zero-order valence-electron chi connectivity index (χ0n) is 12.7. The number of rotatable bonds is 7. The van der Waals surface area contributed by atoms with E-state index in [9.17, 15) is 48.1 Å². The van der Waals surface area contributed by atoms with Gasteiger partial charge in [0.1, 0.15) is 0 Å². The van der Waals surface area contributed by atoms with Crippen molar-refractivity contribution in [1.29, 1.82) is 0 Å². The first-order valence-electron chi connectivity index (χ1n) is 5.89. The Labute approximate surface area is 163 Å². The van der Waals surface area contributed by atoms with Crippen molar-refractivity contribution in [2.24, 2.45) is 0 Å². The van der Waals surface area contributed by atoms with Gasteiger partial charge in [0.2, 0.25) is 0 Å². The molecule has 142 valence electrons. The van der Waals surface area contributed by atoms with Gasteiger partial charge in [-0.25, -0.2) is 13.2 Å². The van der Waals surface area contributed by atoms with Gasteiger partial charge in [-0.2, -0.15) is 35.1 Å². The van der Waals surface area contributed by atoms with Crippen LogP contribution in [-0.2, 0) is 20.8 Å². The molecule has 0 atom stereocenters. The third kappa shape index (κ3) is 4.57. The van der Waals surface area contributed by atoms with E-state index in [0.717, 1.165) is 18.2 Å². The van der Waals surface area contributed by atoms with Gasteiger partial charge in [-0.15, -0.1) is 0 Å². The number of alkyl halides is 8. The Morgan fingerprint density at radius 2 is 1.35 bits per heavy atom. The van der Waals surface area contributed by atoms with Gasteiger partial charge >= 0.3 is 53.0 Å². The molecule has 0 unspecified atom stereocenters. The third-order valence-electron chi connectivity index (χ3n) is 2.78. The van der Waals surface area contributed by atoms with Gasteiger partial charge in [-0.05, 0) is 5.56 Å². The molecule has 0 saturated heterocycles. The molecular weight excluding hydrogens is 415 g/mol. The van der Waals surface area contributed by atoms with Gasteiger partial charge in [0.15, 0.2) is 10.1 Å². The second kappa shape index (κ2) is 7.72. The maximum Gasteiger partial charge on any atom is 1.00 e. The summed E-state index contributed by atoms with van der Waals surface area (Å²) in [6.45, 7) is 3.24. The molecule has 0 N–H and O–H groups in total. The summed E-state index contributed by atoms with van der Waals surface area (Å²) in [5, 5.41) is -6.72. The van der Waals surface area contributed by atoms with Crippen LogP contribution in [0.25, 0.3) is 6.08 Å². The average Bonchev–Trinajstić information content (AvgIpc) is 2.44. The first kappa shape index (κ1) is 25.3. The van der Waals surface area contributed by atoms with E-state index in [2.05, 4.69) is 11.3 Å². The number of hydrogen-bond acceptors (Lipinski definition) is 4. The van der Waals surface area contributed by atoms with Crippen molar-refractivity contribution < 1.29 is 82.4 Å². The molecule has 14 heteroatoms. The number of hydrogen-bond donors (Lipinski definition) is 0. The van der Waals surface area contributed by atoms with Gasteiger partial charge in [-0.1, -0.05) is 36.9 Å². The second-order valence-electron chi connectivity index (χ2n) is 4.51. The Morgan fingerprint density at radius 1 is 0.923 bits per heavy atom. The minimum absolute atomic E-state index is 0. The summed E-state index contributed by atoms with van der Waals surface area (Å²) in [5.41, 5.74) is -1.43. The first-order chi connectivity index (χ1) is 11.0. The number of halogens is 8. The SMILES string of the molecule is C=Cc1ccc(C(F)(F)C(F)(F)OC(F)(F)C(F)(F)S(=O)(=O)[O-])cc1.[Na+]. The summed E-state index contributed by atoms with van der Waals surface area (Å²) in [4.78, 5) is 0. The maximum atomic E-state index is 13.7. The summed E-state index contributed by atoms with van der Waals surface area (Å²) in [5.74, 6) is -5.57. The summed E-state index contributed by atoms with van der Waals surface area (Å²) >= 11 is 0. The monoisotopic (exact) mass is 422 g/mol. The van der Waals surface area contributed by atoms with Crippen LogP contribution in [-0.4, -0.2) is 30.4 Å². The molecule has 1 aromatic rings. The molecule has 0 amide bonds. The Balaban J connectivity index is 0.00000625. The molecule has 0 bridgehead atoms. The van der Waals surface area contributed by atoms with Crippen LogP contribution in [0.1, 0.15) is 11.1 Å². The predicted octanol–water partition coefficient (Wildman–Crippen LogP) is 0.766. The topological polar surface area (TPSA) is 66.4 Å². The van der Waals surface area contributed by atoms with Gasteiger partial charge in [0, 0.05) is 5.56 Å². The van der Waals surface area contributed by atoms with Crippen LogP contribution in [0.15, 0.2) is 30.8 Å². The average molecular weight is 422 g/mol. The van der Waals surface area contributed by atoms with Crippen LogP contribution < -0.4 is 29.6 Å². The molecule has 0 spiro atoms. The van der Waals surface area contributed by atoms with Crippen molar-refractivity contribution in [3.05, 3.63) is 42.0 Å². The third-order valence-corrected chi connectivity index (χ3v) is 3.65. The number of ether oxygens (including phenoxy) is 1. The minimum atomic E-state index is -7.20. The predicted molar refractivity (Wildman–Crippen MR) is 66.1 cm³/mol. The van der Waals surface area contributed by atoms with Crippen molar-refractivity contribution in [3.63, 3.8) is 0 Å². The van der Waals surface area contributed by atoms with E-state index >= 15 is 0 Å². The van der Waals surface area contributed by atoms with Crippen LogP contribution in [0.3, 0.4) is 0 Å². The molecule has 0 aliphatic carbocycles. The van der Waals surface area contributed by atoms with Crippen LogP contribution in [0, 0.1) is 0 Å². The molecule has 0 aromatic heterocycles. The van der Waals surface area contributed by atoms with Gasteiger partial charge in [0.25, 0.3) is 0 Å². The zero-order chi connectivity index (χ0) is 19.9. The van der Waals surface area contributed by atoms with E-state index in [-0.39, 0.29) is 35.1 Å². The fourth-order valence-corrected chi connectivity index (χ4v) is 1.76. The molecule has 1 aromatic carbocycles. The fourth-order valence-electron chi connectivity index (χ4n) is 1.43. The van der Waals surface area contributed by atoms with Crippen molar-refractivity contribution >= 4 is 16.2 Å². The Kier molecular flexibility index (Phi) is 7.50. The van der Waals surface area contributed by atoms with Crippen LogP contribution in [0.5, 0.6) is 0 Å². The van der Waals surface area contributed by atoms with E-state index in [1.165, 1.54) is 0 Å². The fraction of sp³-hybridized carbons (Fsp3) is 0.333. The molecule has 0 heterocycles. The largest absolute Gasteiger partial charge is 1.00 e. The molecule has 0 saturated carbocycles. The number of benzene rings is 1. The minimum Gasteiger partial charge on any atom is -0.743 e. The van der Waals surface area contributed by atoms with E-state index in [1.807, 2.05) is 0 Å². The molecular formula is C12H7F8NaO4S. The van der Waals surface area contributed by atoms with Gasteiger partial charge in [-0.3, -0.25) is 0 Å². The Bertz CT molecular complexity index is 749. The van der Waals surface area contributed by atoms with Crippen molar-refractivity contribution in [2.75, 3.05) is 0 Å². The van der Waals surface area contributed by atoms with Gasteiger partial charge < -0.3 is 4.55 Å². The molecule has 4 nitrogen and oxygen atoms in total. The quantitative estimate of drug-likeness (QED) is 0.370. The summed E-state index contributed by atoms with van der Waals surface area (Å²) in [7, 11) is -7.20. The summed E-state index contributed by atoms with van der Waals surface area (Å²) in [6.07, 6.45) is -11.9. The molecule has 0 aliphatic rings. The van der Waals surface area contributed by atoms with E-state index in [4.69, 9.17) is 0 Å². The van der Waals surface area contributed by atoms with E-state index in [1.54, 1.807) is 0 Å². The molecule has 0 aliphatic heterocycles. The zero-order valence-corrected chi connectivity index (χ0v) is 15.5. The smallest absolute Gasteiger partial charge is 0.743 e.